The molecule has 1 fully saturated rings. The number of hydrogen-bond donors (Lipinski definition) is 1. The van der Waals surface area contributed by atoms with Gasteiger partial charge in [-0.3, -0.25) is 9.69 Å². The van der Waals surface area contributed by atoms with Gasteiger partial charge in [-0.2, -0.15) is 0 Å². The molecule has 1 aliphatic heterocycles. The highest BCUT2D eigenvalue weighted by Crippen LogP contribution is 2.20. The SMILES string of the molecule is CCS(=O)(=O)c1ccc(N2CCN(CC(=O)O)CC2)cc1. The van der Waals surface area contributed by atoms with Gasteiger partial charge in [0.2, 0.25) is 0 Å². The van der Waals surface area contributed by atoms with E-state index in [-0.39, 0.29) is 12.3 Å². The average Bonchev–Trinajstić information content (AvgIpc) is 2.47. The smallest absolute Gasteiger partial charge is 0.317 e. The minimum Gasteiger partial charge on any atom is -0.480 e. The van der Waals surface area contributed by atoms with E-state index in [1.807, 2.05) is 17.0 Å². The fourth-order valence-electron chi connectivity index (χ4n) is 2.39. The van der Waals surface area contributed by atoms with Crippen LogP contribution in [0.4, 0.5) is 5.69 Å². The highest BCUT2D eigenvalue weighted by molar-refractivity contribution is 7.91. The third kappa shape index (κ3) is 3.95. The Labute approximate surface area is 124 Å². The van der Waals surface area contributed by atoms with Crippen LogP contribution in [0.5, 0.6) is 0 Å². The zero-order valence-electron chi connectivity index (χ0n) is 12.0. The van der Waals surface area contributed by atoms with Gasteiger partial charge in [-0.05, 0) is 24.3 Å². The maximum absolute atomic E-state index is 11.8. The monoisotopic (exact) mass is 312 g/mol. The molecular formula is C14H20N2O4S. The van der Waals surface area contributed by atoms with E-state index in [1.54, 1.807) is 19.1 Å². The number of rotatable bonds is 5. The molecule has 0 unspecified atom stereocenters. The van der Waals surface area contributed by atoms with E-state index in [9.17, 15) is 13.2 Å². The summed E-state index contributed by atoms with van der Waals surface area (Å²) in [4.78, 5) is 15.0. The van der Waals surface area contributed by atoms with Crippen LogP contribution in [0.2, 0.25) is 0 Å². The highest BCUT2D eigenvalue weighted by atomic mass is 32.2. The molecule has 1 N–H and O–H groups in total. The Hall–Kier alpha value is -1.60. The van der Waals surface area contributed by atoms with Gasteiger partial charge in [-0.15, -0.1) is 0 Å². The Bertz CT molecular complexity index is 590. The number of hydrogen-bond acceptors (Lipinski definition) is 5. The van der Waals surface area contributed by atoms with Crippen LogP contribution in [0.1, 0.15) is 6.92 Å². The van der Waals surface area contributed by atoms with E-state index >= 15 is 0 Å². The molecule has 1 aromatic carbocycles. The van der Waals surface area contributed by atoms with Gasteiger partial charge in [0.1, 0.15) is 0 Å². The lowest BCUT2D eigenvalue weighted by Crippen LogP contribution is -2.47. The predicted molar refractivity (Wildman–Crippen MR) is 80.5 cm³/mol. The zero-order valence-corrected chi connectivity index (χ0v) is 12.8. The van der Waals surface area contributed by atoms with Crippen LogP contribution in [-0.2, 0) is 14.6 Å². The van der Waals surface area contributed by atoms with Crippen molar-refractivity contribution in [1.82, 2.24) is 4.90 Å². The number of anilines is 1. The van der Waals surface area contributed by atoms with E-state index in [0.717, 1.165) is 18.8 Å². The summed E-state index contributed by atoms with van der Waals surface area (Å²) in [6.45, 7) is 4.58. The first-order chi connectivity index (χ1) is 9.92. The standard InChI is InChI=1S/C14H20N2O4S/c1-2-21(19,20)13-5-3-12(4-6-13)16-9-7-15(8-10-16)11-14(17)18/h3-6H,2,7-11H2,1H3,(H,17,18). The Balaban J connectivity index is 2.00. The Morgan fingerprint density at radius 3 is 2.19 bits per heavy atom. The summed E-state index contributed by atoms with van der Waals surface area (Å²) in [5.41, 5.74) is 0.972. The van der Waals surface area contributed by atoms with Crippen LogP contribution in [-0.4, -0.2) is 62.9 Å². The first kappa shape index (κ1) is 15.8. The van der Waals surface area contributed by atoms with E-state index in [1.165, 1.54) is 0 Å². The van der Waals surface area contributed by atoms with Gasteiger partial charge in [0.05, 0.1) is 17.2 Å². The molecule has 0 saturated carbocycles. The molecule has 116 valence electrons. The number of benzene rings is 1. The van der Waals surface area contributed by atoms with Crippen molar-refractivity contribution in [2.75, 3.05) is 43.4 Å². The van der Waals surface area contributed by atoms with Crippen LogP contribution < -0.4 is 4.90 Å². The summed E-state index contributed by atoms with van der Waals surface area (Å²) >= 11 is 0. The van der Waals surface area contributed by atoms with E-state index in [0.29, 0.717) is 18.0 Å². The maximum atomic E-state index is 11.8. The molecule has 1 aliphatic rings. The lowest BCUT2D eigenvalue weighted by atomic mass is 10.2. The van der Waals surface area contributed by atoms with Crippen molar-refractivity contribution in [3.63, 3.8) is 0 Å². The van der Waals surface area contributed by atoms with Crippen LogP contribution in [0.15, 0.2) is 29.2 Å². The third-order valence-electron chi connectivity index (χ3n) is 3.67. The largest absolute Gasteiger partial charge is 0.480 e. The van der Waals surface area contributed by atoms with E-state index in [2.05, 4.69) is 4.90 Å². The van der Waals surface area contributed by atoms with E-state index < -0.39 is 15.8 Å². The lowest BCUT2D eigenvalue weighted by molar-refractivity contribution is -0.138. The topological polar surface area (TPSA) is 77.9 Å². The van der Waals surface area contributed by atoms with Gasteiger partial charge in [-0.1, -0.05) is 6.92 Å². The molecule has 0 bridgehead atoms. The summed E-state index contributed by atoms with van der Waals surface area (Å²) in [6, 6.07) is 6.90. The molecule has 0 spiro atoms. The number of aliphatic carboxylic acids is 1. The summed E-state index contributed by atoms with van der Waals surface area (Å²) in [7, 11) is -3.16. The van der Waals surface area contributed by atoms with Gasteiger partial charge in [0, 0.05) is 31.9 Å². The van der Waals surface area contributed by atoms with Gasteiger partial charge >= 0.3 is 5.97 Å². The summed E-state index contributed by atoms with van der Waals surface area (Å²) in [5.74, 6) is -0.710. The van der Waals surface area contributed by atoms with Crippen molar-refractivity contribution in [2.24, 2.45) is 0 Å². The van der Waals surface area contributed by atoms with Crippen LogP contribution >= 0.6 is 0 Å². The Morgan fingerprint density at radius 2 is 1.71 bits per heavy atom. The minimum atomic E-state index is -3.16. The fourth-order valence-corrected chi connectivity index (χ4v) is 3.27. The molecule has 21 heavy (non-hydrogen) atoms. The van der Waals surface area contributed by atoms with Crippen molar-refractivity contribution >= 4 is 21.5 Å². The first-order valence-electron chi connectivity index (χ1n) is 6.94. The second-order valence-electron chi connectivity index (χ2n) is 5.05. The van der Waals surface area contributed by atoms with E-state index in [4.69, 9.17) is 5.11 Å². The quantitative estimate of drug-likeness (QED) is 0.862. The van der Waals surface area contributed by atoms with Gasteiger partial charge in [0.15, 0.2) is 9.84 Å². The van der Waals surface area contributed by atoms with Crippen molar-refractivity contribution in [3.05, 3.63) is 24.3 Å². The molecule has 7 heteroatoms. The number of nitrogens with zero attached hydrogens (tertiary/aromatic N) is 2. The molecule has 0 amide bonds. The molecule has 0 radical (unpaired) electrons. The molecule has 1 saturated heterocycles. The molecule has 0 aliphatic carbocycles. The van der Waals surface area contributed by atoms with Crippen LogP contribution in [0, 0.1) is 0 Å². The van der Waals surface area contributed by atoms with Crippen molar-refractivity contribution in [2.45, 2.75) is 11.8 Å². The molecule has 1 aromatic rings. The number of carboxylic acid groups (broad SMARTS) is 1. The predicted octanol–water partition coefficient (Wildman–Crippen LogP) is 0.687. The van der Waals surface area contributed by atoms with Gasteiger partial charge < -0.3 is 10.0 Å². The molecule has 6 nitrogen and oxygen atoms in total. The highest BCUT2D eigenvalue weighted by Gasteiger charge is 2.19. The lowest BCUT2D eigenvalue weighted by Gasteiger charge is -2.35. The summed E-state index contributed by atoms with van der Waals surface area (Å²) in [6.07, 6.45) is 0. The molecule has 1 heterocycles. The van der Waals surface area contributed by atoms with Gasteiger partial charge in [0.25, 0.3) is 0 Å². The maximum Gasteiger partial charge on any atom is 0.317 e. The van der Waals surface area contributed by atoms with Crippen molar-refractivity contribution in [1.29, 1.82) is 0 Å². The minimum absolute atomic E-state index is 0.0710. The van der Waals surface area contributed by atoms with Crippen molar-refractivity contribution in [3.8, 4) is 0 Å². The summed E-state index contributed by atoms with van der Waals surface area (Å²) < 4.78 is 23.5. The summed E-state index contributed by atoms with van der Waals surface area (Å²) in [5, 5.41) is 8.77. The van der Waals surface area contributed by atoms with Gasteiger partial charge in [-0.25, -0.2) is 8.42 Å². The molecule has 2 rings (SSSR count). The number of carboxylic acids is 1. The normalized spacial score (nSPS) is 16.9. The number of carbonyl (C=O) groups is 1. The zero-order chi connectivity index (χ0) is 15.5. The van der Waals surface area contributed by atoms with Crippen LogP contribution in [0.3, 0.4) is 0 Å². The first-order valence-corrected chi connectivity index (χ1v) is 8.59. The number of sulfone groups is 1. The molecule has 0 atom stereocenters. The van der Waals surface area contributed by atoms with Crippen molar-refractivity contribution < 1.29 is 18.3 Å². The Kier molecular flexibility index (Phi) is 4.84. The molecular weight excluding hydrogens is 292 g/mol. The average molecular weight is 312 g/mol. The second kappa shape index (κ2) is 6.44. The second-order valence-corrected chi connectivity index (χ2v) is 7.33. The fraction of sp³-hybridized carbons (Fsp3) is 0.500. The Morgan fingerprint density at radius 1 is 1.14 bits per heavy atom. The number of piperazine rings is 1. The third-order valence-corrected chi connectivity index (χ3v) is 5.42. The molecule has 0 aromatic heterocycles. The van der Waals surface area contributed by atoms with Crippen LogP contribution in [0.25, 0.3) is 0 Å².